The predicted molar refractivity (Wildman–Crippen MR) is 81.4 cm³/mol. The zero-order valence-corrected chi connectivity index (χ0v) is 12.5. The molecule has 5 nitrogen and oxygen atoms in total. The van der Waals surface area contributed by atoms with Crippen molar-refractivity contribution < 1.29 is 17.9 Å². The van der Waals surface area contributed by atoms with Crippen molar-refractivity contribution in [3.63, 3.8) is 0 Å². The number of hydrogen-bond donors (Lipinski definition) is 1. The molecule has 0 heterocycles. The molecule has 6 heteroatoms. The number of nitrogens with two attached hydrogens (primary N) is 1. The summed E-state index contributed by atoms with van der Waals surface area (Å²) in [6.07, 6.45) is 1.17. The highest BCUT2D eigenvalue weighted by Crippen LogP contribution is 2.16. The highest BCUT2D eigenvalue weighted by molar-refractivity contribution is 7.90. The molecule has 0 atom stereocenters. The summed E-state index contributed by atoms with van der Waals surface area (Å²) in [6, 6.07) is 13.4. The molecule has 112 valence electrons. The molecule has 0 amide bonds. The van der Waals surface area contributed by atoms with Crippen LogP contribution >= 0.6 is 0 Å². The van der Waals surface area contributed by atoms with E-state index in [1.165, 1.54) is 18.4 Å². The van der Waals surface area contributed by atoms with Gasteiger partial charge in [-0.15, -0.1) is 0 Å². The lowest BCUT2D eigenvalue weighted by molar-refractivity contribution is 0.217. The fraction of sp³-hybridized carbons (Fsp3) is 0.200. The molecule has 0 aliphatic heterocycles. The number of rotatable bonds is 6. The van der Waals surface area contributed by atoms with Gasteiger partial charge in [0.25, 0.3) is 0 Å². The molecule has 0 aliphatic rings. The van der Waals surface area contributed by atoms with Gasteiger partial charge in [-0.05, 0) is 36.4 Å². The molecule has 0 bridgehead atoms. The molecular formula is C15H17NO4S. The monoisotopic (exact) mass is 307 g/mol. The second-order valence-electron chi connectivity index (χ2n) is 4.51. The van der Waals surface area contributed by atoms with E-state index in [0.29, 0.717) is 30.4 Å². The van der Waals surface area contributed by atoms with Gasteiger partial charge in [-0.2, -0.15) is 0 Å². The number of hydrogen-bond acceptors (Lipinski definition) is 5. The second kappa shape index (κ2) is 6.49. The van der Waals surface area contributed by atoms with Gasteiger partial charge < -0.3 is 15.2 Å². The van der Waals surface area contributed by atoms with Crippen LogP contribution < -0.4 is 15.2 Å². The molecule has 0 saturated heterocycles. The van der Waals surface area contributed by atoms with Crippen LogP contribution in [0.4, 0.5) is 5.69 Å². The van der Waals surface area contributed by atoms with Crippen LogP contribution in [-0.2, 0) is 9.84 Å². The van der Waals surface area contributed by atoms with E-state index < -0.39 is 9.84 Å². The van der Waals surface area contributed by atoms with Crippen molar-refractivity contribution >= 4 is 15.5 Å². The second-order valence-corrected chi connectivity index (χ2v) is 6.53. The van der Waals surface area contributed by atoms with Gasteiger partial charge >= 0.3 is 0 Å². The molecule has 2 rings (SSSR count). The first kappa shape index (κ1) is 15.2. The third-order valence-corrected chi connectivity index (χ3v) is 3.86. The standard InChI is InChI=1S/C15H17NO4S/c1-21(17,18)15-7-5-13(6-8-15)19-9-10-20-14-4-2-3-12(16)11-14/h2-8,11H,9-10,16H2,1H3. The van der Waals surface area contributed by atoms with E-state index in [9.17, 15) is 8.42 Å². The van der Waals surface area contributed by atoms with Crippen molar-refractivity contribution in [3.05, 3.63) is 48.5 Å². The van der Waals surface area contributed by atoms with E-state index in [1.54, 1.807) is 24.3 Å². The van der Waals surface area contributed by atoms with E-state index in [4.69, 9.17) is 15.2 Å². The van der Waals surface area contributed by atoms with Crippen LogP contribution in [-0.4, -0.2) is 27.9 Å². The van der Waals surface area contributed by atoms with Crippen molar-refractivity contribution in [2.45, 2.75) is 4.90 Å². The Balaban J connectivity index is 1.81. The summed E-state index contributed by atoms with van der Waals surface area (Å²) in [5.74, 6) is 1.28. The summed E-state index contributed by atoms with van der Waals surface area (Å²) in [5.41, 5.74) is 6.29. The van der Waals surface area contributed by atoms with Crippen LogP contribution in [0, 0.1) is 0 Å². The Kier molecular flexibility index (Phi) is 4.70. The largest absolute Gasteiger partial charge is 0.490 e. The normalized spacial score (nSPS) is 11.1. The molecule has 0 spiro atoms. The maximum atomic E-state index is 11.3. The zero-order valence-electron chi connectivity index (χ0n) is 11.7. The Bertz CT molecular complexity index is 696. The summed E-state index contributed by atoms with van der Waals surface area (Å²) in [7, 11) is -3.18. The van der Waals surface area contributed by atoms with Crippen molar-refractivity contribution in [2.75, 3.05) is 25.2 Å². The molecule has 0 fully saturated rings. The maximum Gasteiger partial charge on any atom is 0.175 e. The quantitative estimate of drug-likeness (QED) is 0.653. The van der Waals surface area contributed by atoms with Gasteiger partial charge in [0.15, 0.2) is 9.84 Å². The highest BCUT2D eigenvalue weighted by atomic mass is 32.2. The summed E-state index contributed by atoms with van der Waals surface area (Å²) in [5, 5.41) is 0. The van der Waals surface area contributed by atoms with Crippen LogP contribution in [0.2, 0.25) is 0 Å². The fourth-order valence-electron chi connectivity index (χ4n) is 1.71. The third-order valence-electron chi connectivity index (χ3n) is 2.73. The molecule has 2 aromatic carbocycles. The molecule has 0 aromatic heterocycles. The van der Waals surface area contributed by atoms with Crippen molar-refractivity contribution in [1.29, 1.82) is 0 Å². The topological polar surface area (TPSA) is 78.6 Å². The Morgan fingerprint density at radius 2 is 1.57 bits per heavy atom. The van der Waals surface area contributed by atoms with E-state index in [1.807, 2.05) is 12.1 Å². The van der Waals surface area contributed by atoms with Gasteiger partial charge in [0.2, 0.25) is 0 Å². The Labute approximate surface area is 124 Å². The molecule has 0 unspecified atom stereocenters. The van der Waals surface area contributed by atoms with Gasteiger partial charge in [0.05, 0.1) is 4.90 Å². The molecule has 0 radical (unpaired) electrons. The lowest BCUT2D eigenvalue weighted by Gasteiger charge is -2.09. The summed E-state index contributed by atoms with van der Waals surface area (Å²) in [4.78, 5) is 0.269. The number of anilines is 1. The molecular weight excluding hydrogens is 290 g/mol. The smallest absolute Gasteiger partial charge is 0.175 e. The first-order chi connectivity index (χ1) is 9.95. The van der Waals surface area contributed by atoms with Gasteiger partial charge in [0, 0.05) is 18.0 Å². The van der Waals surface area contributed by atoms with Crippen LogP contribution in [0.3, 0.4) is 0 Å². The Hall–Kier alpha value is -2.21. The van der Waals surface area contributed by atoms with Gasteiger partial charge in [0.1, 0.15) is 24.7 Å². The number of ether oxygens (including phenoxy) is 2. The van der Waals surface area contributed by atoms with Crippen LogP contribution in [0.5, 0.6) is 11.5 Å². The van der Waals surface area contributed by atoms with E-state index >= 15 is 0 Å². The average molecular weight is 307 g/mol. The molecule has 0 aliphatic carbocycles. The fourth-order valence-corrected chi connectivity index (χ4v) is 2.34. The Morgan fingerprint density at radius 1 is 0.952 bits per heavy atom. The van der Waals surface area contributed by atoms with Crippen molar-refractivity contribution in [3.8, 4) is 11.5 Å². The van der Waals surface area contributed by atoms with Crippen molar-refractivity contribution in [1.82, 2.24) is 0 Å². The first-order valence-corrected chi connectivity index (χ1v) is 8.25. The van der Waals surface area contributed by atoms with E-state index in [2.05, 4.69) is 0 Å². The average Bonchev–Trinajstić information content (AvgIpc) is 2.43. The minimum absolute atomic E-state index is 0.269. The number of sulfone groups is 1. The van der Waals surface area contributed by atoms with Crippen LogP contribution in [0.1, 0.15) is 0 Å². The molecule has 2 N–H and O–H groups in total. The maximum absolute atomic E-state index is 11.3. The van der Waals surface area contributed by atoms with Crippen LogP contribution in [0.15, 0.2) is 53.4 Å². The highest BCUT2D eigenvalue weighted by Gasteiger charge is 2.06. The van der Waals surface area contributed by atoms with Crippen molar-refractivity contribution in [2.24, 2.45) is 0 Å². The predicted octanol–water partition coefficient (Wildman–Crippen LogP) is 2.13. The van der Waals surface area contributed by atoms with Gasteiger partial charge in [-0.1, -0.05) is 6.07 Å². The van der Waals surface area contributed by atoms with Gasteiger partial charge in [-0.3, -0.25) is 0 Å². The minimum atomic E-state index is -3.18. The van der Waals surface area contributed by atoms with E-state index in [-0.39, 0.29) is 4.90 Å². The lowest BCUT2D eigenvalue weighted by atomic mass is 10.3. The van der Waals surface area contributed by atoms with E-state index in [0.717, 1.165) is 0 Å². The Morgan fingerprint density at radius 3 is 2.14 bits per heavy atom. The summed E-state index contributed by atoms with van der Waals surface area (Å²) < 4.78 is 33.6. The minimum Gasteiger partial charge on any atom is -0.490 e. The lowest BCUT2D eigenvalue weighted by Crippen LogP contribution is -2.09. The van der Waals surface area contributed by atoms with Crippen LogP contribution in [0.25, 0.3) is 0 Å². The number of nitrogen functional groups attached to an aromatic ring is 1. The summed E-state index contributed by atoms with van der Waals surface area (Å²) in [6.45, 7) is 0.726. The van der Waals surface area contributed by atoms with Gasteiger partial charge in [-0.25, -0.2) is 8.42 Å². The molecule has 21 heavy (non-hydrogen) atoms. The molecule has 0 saturated carbocycles. The molecule has 2 aromatic rings. The SMILES string of the molecule is CS(=O)(=O)c1ccc(OCCOc2cccc(N)c2)cc1. The third kappa shape index (κ3) is 4.68. The number of benzene rings is 2. The first-order valence-electron chi connectivity index (χ1n) is 6.36. The summed E-state index contributed by atoms with van der Waals surface area (Å²) >= 11 is 0. The zero-order chi connectivity index (χ0) is 15.3.